The molecule has 0 heterocycles. The van der Waals surface area contributed by atoms with Crippen LogP contribution >= 0.6 is 0 Å². The second-order valence-electron chi connectivity index (χ2n) is 3.89. The van der Waals surface area contributed by atoms with Crippen molar-refractivity contribution in [2.24, 2.45) is 0 Å². The average molecular weight is 292 g/mol. The summed E-state index contributed by atoms with van der Waals surface area (Å²) in [5.41, 5.74) is 0.534. The Hall–Kier alpha value is -2.63. The first-order valence-electron chi connectivity index (χ1n) is 6.19. The molecule has 21 heavy (non-hydrogen) atoms. The lowest BCUT2D eigenvalue weighted by molar-refractivity contribution is -0.143. The Labute approximate surface area is 122 Å². The summed E-state index contributed by atoms with van der Waals surface area (Å²) in [6, 6.07) is 6.33. The van der Waals surface area contributed by atoms with Gasteiger partial charge in [0.1, 0.15) is 5.57 Å². The molecular formula is C15H16O6. The third kappa shape index (κ3) is 4.45. The number of ether oxygens (including phenoxy) is 3. The number of carbonyl (C=O) groups excluding carboxylic acids is 3. The van der Waals surface area contributed by atoms with Crippen molar-refractivity contribution in [2.45, 2.75) is 6.92 Å². The molecule has 0 aliphatic rings. The SMILES string of the molecule is CCOC(=O)c1cccc(C=C(C(=O)OC)C(=O)OC)c1. The molecule has 1 aromatic rings. The predicted octanol–water partition coefficient (Wildman–Crippen LogP) is 1.59. The van der Waals surface area contributed by atoms with Crippen molar-refractivity contribution in [1.82, 2.24) is 0 Å². The third-order valence-electron chi connectivity index (χ3n) is 2.52. The summed E-state index contributed by atoms with van der Waals surface area (Å²) in [4.78, 5) is 34.7. The minimum atomic E-state index is -0.816. The highest BCUT2D eigenvalue weighted by molar-refractivity contribution is 6.17. The van der Waals surface area contributed by atoms with Gasteiger partial charge in [0, 0.05) is 0 Å². The van der Waals surface area contributed by atoms with E-state index in [2.05, 4.69) is 9.47 Å². The molecule has 0 N–H and O–H groups in total. The van der Waals surface area contributed by atoms with Crippen LogP contribution in [0.15, 0.2) is 29.8 Å². The molecule has 0 spiro atoms. The fourth-order valence-corrected chi connectivity index (χ4v) is 1.56. The van der Waals surface area contributed by atoms with Gasteiger partial charge in [-0.15, -0.1) is 0 Å². The Kier molecular flexibility index (Phi) is 6.13. The first-order valence-corrected chi connectivity index (χ1v) is 6.19. The molecule has 1 rings (SSSR count). The summed E-state index contributed by atoms with van der Waals surface area (Å²) in [6.45, 7) is 1.96. The van der Waals surface area contributed by atoms with Crippen LogP contribution < -0.4 is 0 Å². The van der Waals surface area contributed by atoms with E-state index < -0.39 is 17.9 Å². The summed E-state index contributed by atoms with van der Waals surface area (Å²) < 4.78 is 13.9. The fraction of sp³-hybridized carbons (Fsp3) is 0.267. The van der Waals surface area contributed by atoms with Crippen LogP contribution in [0.1, 0.15) is 22.8 Å². The molecule has 0 bridgehead atoms. The monoisotopic (exact) mass is 292 g/mol. The molecule has 6 nitrogen and oxygen atoms in total. The maximum absolute atomic E-state index is 11.6. The van der Waals surface area contributed by atoms with Crippen LogP contribution in [0.4, 0.5) is 0 Å². The highest BCUT2D eigenvalue weighted by Crippen LogP contribution is 2.13. The van der Waals surface area contributed by atoms with Gasteiger partial charge >= 0.3 is 17.9 Å². The van der Waals surface area contributed by atoms with Crippen LogP contribution in [0, 0.1) is 0 Å². The molecular weight excluding hydrogens is 276 g/mol. The Morgan fingerprint density at radius 3 is 2.24 bits per heavy atom. The van der Waals surface area contributed by atoms with Crippen molar-refractivity contribution < 1.29 is 28.6 Å². The van der Waals surface area contributed by atoms with Crippen LogP contribution in [-0.4, -0.2) is 38.7 Å². The van der Waals surface area contributed by atoms with Crippen molar-refractivity contribution >= 4 is 24.0 Å². The second-order valence-corrected chi connectivity index (χ2v) is 3.89. The summed E-state index contributed by atoms with van der Waals surface area (Å²) in [7, 11) is 2.32. The highest BCUT2D eigenvalue weighted by Gasteiger charge is 2.19. The van der Waals surface area contributed by atoms with E-state index in [4.69, 9.17) is 4.74 Å². The van der Waals surface area contributed by atoms with Gasteiger partial charge in [-0.2, -0.15) is 0 Å². The smallest absolute Gasteiger partial charge is 0.345 e. The zero-order chi connectivity index (χ0) is 15.8. The number of methoxy groups -OCH3 is 2. The lowest BCUT2D eigenvalue weighted by Crippen LogP contribution is -2.15. The molecule has 0 atom stereocenters. The van der Waals surface area contributed by atoms with Gasteiger partial charge in [-0.1, -0.05) is 12.1 Å². The minimum Gasteiger partial charge on any atom is -0.465 e. The van der Waals surface area contributed by atoms with Crippen molar-refractivity contribution in [1.29, 1.82) is 0 Å². The van der Waals surface area contributed by atoms with Crippen molar-refractivity contribution in [3.05, 3.63) is 41.0 Å². The third-order valence-corrected chi connectivity index (χ3v) is 2.52. The quantitative estimate of drug-likeness (QED) is 0.269. The van der Waals surface area contributed by atoms with Crippen LogP contribution in [0.2, 0.25) is 0 Å². The molecule has 1 aromatic carbocycles. The lowest BCUT2D eigenvalue weighted by Gasteiger charge is -2.05. The number of hydrogen-bond donors (Lipinski definition) is 0. The molecule has 0 saturated heterocycles. The number of hydrogen-bond acceptors (Lipinski definition) is 6. The number of esters is 3. The van der Waals surface area contributed by atoms with Gasteiger partial charge in [0.25, 0.3) is 0 Å². The van der Waals surface area contributed by atoms with Gasteiger partial charge in [0.15, 0.2) is 0 Å². The van der Waals surface area contributed by atoms with E-state index in [1.165, 1.54) is 12.1 Å². The molecule has 0 unspecified atom stereocenters. The zero-order valence-corrected chi connectivity index (χ0v) is 12.0. The zero-order valence-electron chi connectivity index (χ0n) is 12.0. The van der Waals surface area contributed by atoms with E-state index in [0.717, 1.165) is 14.2 Å². The second kappa shape index (κ2) is 7.84. The maximum Gasteiger partial charge on any atom is 0.345 e. The molecule has 112 valence electrons. The van der Waals surface area contributed by atoms with Gasteiger partial charge in [0.2, 0.25) is 0 Å². The van der Waals surface area contributed by atoms with E-state index in [1.54, 1.807) is 25.1 Å². The van der Waals surface area contributed by atoms with E-state index >= 15 is 0 Å². The Morgan fingerprint density at radius 1 is 1.10 bits per heavy atom. The summed E-state index contributed by atoms with van der Waals surface area (Å²) in [5.74, 6) is -2.11. The molecule has 0 aromatic heterocycles. The van der Waals surface area contributed by atoms with Gasteiger partial charge in [-0.3, -0.25) is 0 Å². The minimum absolute atomic E-state index is 0.258. The molecule has 0 fully saturated rings. The largest absolute Gasteiger partial charge is 0.465 e. The highest BCUT2D eigenvalue weighted by atomic mass is 16.5. The van der Waals surface area contributed by atoms with Gasteiger partial charge in [0.05, 0.1) is 26.4 Å². The summed E-state index contributed by atoms with van der Waals surface area (Å²) >= 11 is 0. The number of benzene rings is 1. The predicted molar refractivity (Wildman–Crippen MR) is 74.4 cm³/mol. The first-order chi connectivity index (χ1) is 10.0. The lowest BCUT2D eigenvalue weighted by atomic mass is 10.1. The van der Waals surface area contributed by atoms with Crippen molar-refractivity contribution in [3.63, 3.8) is 0 Å². The van der Waals surface area contributed by atoms with Crippen LogP contribution in [-0.2, 0) is 23.8 Å². The number of carbonyl (C=O) groups is 3. The molecule has 0 amide bonds. The standard InChI is InChI=1S/C15H16O6/c1-4-21-13(16)11-7-5-6-10(8-11)9-12(14(17)19-2)15(18)20-3/h5-9H,4H2,1-3H3. The van der Waals surface area contributed by atoms with Crippen LogP contribution in [0.5, 0.6) is 0 Å². The van der Waals surface area contributed by atoms with Crippen LogP contribution in [0.3, 0.4) is 0 Å². The van der Waals surface area contributed by atoms with Crippen LogP contribution in [0.25, 0.3) is 6.08 Å². The van der Waals surface area contributed by atoms with Crippen molar-refractivity contribution in [3.8, 4) is 0 Å². The van der Waals surface area contributed by atoms with E-state index in [1.807, 2.05) is 0 Å². The molecule has 0 saturated carbocycles. The molecule has 6 heteroatoms. The molecule has 0 radical (unpaired) electrons. The first kappa shape index (κ1) is 16.4. The van der Waals surface area contributed by atoms with E-state index in [-0.39, 0.29) is 12.2 Å². The summed E-state index contributed by atoms with van der Waals surface area (Å²) in [5, 5.41) is 0. The van der Waals surface area contributed by atoms with E-state index in [9.17, 15) is 14.4 Å². The van der Waals surface area contributed by atoms with Gasteiger partial charge in [-0.25, -0.2) is 14.4 Å². The topological polar surface area (TPSA) is 78.9 Å². The molecule has 0 aliphatic heterocycles. The Balaban J connectivity index is 3.16. The van der Waals surface area contributed by atoms with Gasteiger partial charge < -0.3 is 14.2 Å². The Morgan fingerprint density at radius 2 is 1.71 bits per heavy atom. The molecule has 0 aliphatic carbocycles. The maximum atomic E-state index is 11.6. The normalized spacial score (nSPS) is 9.48. The van der Waals surface area contributed by atoms with E-state index in [0.29, 0.717) is 11.1 Å². The fourth-order valence-electron chi connectivity index (χ4n) is 1.56. The number of rotatable bonds is 5. The summed E-state index contributed by atoms with van der Waals surface area (Å²) in [6.07, 6.45) is 1.29. The van der Waals surface area contributed by atoms with Crippen molar-refractivity contribution in [2.75, 3.05) is 20.8 Å². The van der Waals surface area contributed by atoms with Gasteiger partial charge in [-0.05, 0) is 30.7 Å². The Bertz CT molecular complexity index is 555. The average Bonchev–Trinajstić information content (AvgIpc) is 2.51.